The molecular formula is C16H23ClN4O2. The summed E-state index contributed by atoms with van der Waals surface area (Å²) >= 11 is 6.06. The maximum atomic E-state index is 12.1. The normalized spacial score (nSPS) is 18.4. The Bertz CT molecular complexity index is 553. The Balaban J connectivity index is 1.96. The van der Waals surface area contributed by atoms with Crippen LogP contribution in [0.15, 0.2) is 24.3 Å². The summed E-state index contributed by atoms with van der Waals surface area (Å²) in [5.41, 5.74) is 1.06. The third kappa shape index (κ3) is 5.49. The smallest absolute Gasteiger partial charge is 0.321 e. The number of halogens is 1. The first-order chi connectivity index (χ1) is 11.1. The molecular weight excluding hydrogens is 316 g/mol. The second kappa shape index (κ2) is 8.86. The molecule has 1 aromatic rings. The number of nitrogens with zero attached hydrogens (tertiary/aromatic N) is 1. The molecule has 3 amide bonds. The number of hydrogen-bond donors (Lipinski definition) is 3. The monoisotopic (exact) mass is 338 g/mol. The van der Waals surface area contributed by atoms with E-state index in [1.54, 1.807) is 0 Å². The lowest BCUT2D eigenvalue weighted by Crippen LogP contribution is -2.51. The molecule has 0 saturated carbocycles. The predicted octanol–water partition coefficient (Wildman–Crippen LogP) is 1.52. The van der Waals surface area contributed by atoms with Gasteiger partial charge in [-0.25, -0.2) is 4.79 Å². The van der Waals surface area contributed by atoms with Crippen LogP contribution < -0.4 is 16.0 Å². The fraction of sp³-hybridized carbons (Fsp3) is 0.500. The van der Waals surface area contributed by atoms with Gasteiger partial charge in [0.2, 0.25) is 5.91 Å². The molecule has 0 bridgehead atoms. The van der Waals surface area contributed by atoms with Gasteiger partial charge < -0.3 is 10.6 Å². The second-order valence-corrected chi connectivity index (χ2v) is 5.99. The number of carbonyl (C=O) groups is 2. The van der Waals surface area contributed by atoms with Crippen molar-refractivity contribution < 1.29 is 9.59 Å². The number of imide groups is 1. The highest BCUT2D eigenvalue weighted by atomic mass is 35.5. The van der Waals surface area contributed by atoms with Gasteiger partial charge in [0.1, 0.15) is 0 Å². The molecule has 1 saturated heterocycles. The van der Waals surface area contributed by atoms with E-state index in [0.717, 1.165) is 31.6 Å². The van der Waals surface area contributed by atoms with Gasteiger partial charge in [-0.3, -0.25) is 15.0 Å². The minimum Gasteiger partial charge on any atom is -0.338 e. The molecule has 1 aliphatic rings. The van der Waals surface area contributed by atoms with Crippen LogP contribution in [0.5, 0.6) is 0 Å². The van der Waals surface area contributed by atoms with Crippen LogP contribution >= 0.6 is 11.6 Å². The molecule has 1 atom stereocenters. The summed E-state index contributed by atoms with van der Waals surface area (Å²) in [6.45, 7) is 4.98. The molecule has 3 N–H and O–H groups in total. The van der Waals surface area contributed by atoms with Crippen LogP contribution in [-0.4, -0.2) is 49.6 Å². The number of carbonyl (C=O) groups excluding carboxylic acids is 2. The first-order valence-corrected chi connectivity index (χ1v) is 8.26. The van der Waals surface area contributed by atoms with E-state index in [0.29, 0.717) is 11.6 Å². The van der Waals surface area contributed by atoms with E-state index in [2.05, 4.69) is 20.9 Å². The number of piperazine rings is 1. The zero-order chi connectivity index (χ0) is 16.7. The van der Waals surface area contributed by atoms with Gasteiger partial charge in [0.05, 0.1) is 6.54 Å². The number of urea groups is 1. The van der Waals surface area contributed by atoms with E-state index in [-0.39, 0.29) is 18.5 Å². The lowest BCUT2D eigenvalue weighted by atomic mass is 10.0. The molecule has 1 aliphatic heterocycles. The Kier molecular flexibility index (Phi) is 6.83. The molecule has 1 unspecified atom stereocenters. The van der Waals surface area contributed by atoms with Crippen molar-refractivity contribution in [1.29, 1.82) is 0 Å². The van der Waals surface area contributed by atoms with E-state index in [9.17, 15) is 9.59 Å². The molecule has 1 aromatic carbocycles. The zero-order valence-electron chi connectivity index (χ0n) is 13.3. The molecule has 126 valence electrons. The first-order valence-electron chi connectivity index (χ1n) is 7.88. The van der Waals surface area contributed by atoms with Crippen LogP contribution in [0.2, 0.25) is 5.02 Å². The molecule has 0 radical (unpaired) electrons. The minimum atomic E-state index is -0.439. The van der Waals surface area contributed by atoms with Gasteiger partial charge in [-0.2, -0.15) is 0 Å². The van der Waals surface area contributed by atoms with Crippen molar-refractivity contribution in [3.8, 4) is 0 Å². The van der Waals surface area contributed by atoms with Gasteiger partial charge in [0.25, 0.3) is 0 Å². The highest BCUT2D eigenvalue weighted by Crippen LogP contribution is 2.24. The molecule has 0 aromatic heterocycles. The van der Waals surface area contributed by atoms with Gasteiger partial charge >= 0.3 is 6.03 Å². The van der Waals surface area contributed by atoms with Crippen molar-refractivity contribution in [2.75, 3.05) is 32.7 Å². The first kappa shape index (κ1) is 17.7. The molecule has 0 spiro atoms. The van der Waals surface area contributed by atoms with E-state index in [1.165, 1.54) is 0 Å². The summed E-state index contributed by atoms with van der Waals surface area (Å²) in [5, 5.41) is 9.01. The van der Waals surface area contributed by atoms with Gasteiger partial charge in [-0.1, -0.05) is 30.7 Å². The minimum absolute atomic E-state index is 0.0619. The SMILES string of the molecule is CCCNC(=O)NC(=O)CN1CCNCC1c1cccc(Cl)c1. The Labute approximate surface area is 141 Å². The number of nitrogens with one attached hydrogen (secondary N) is 3. The summed E-state index contributed by atoms with van der Waals surface area (Å²) < 4.78 is 0. The lowest BCUT2D eigenvalue weighted by Gasteiger charge is -2.36. The highest BCUT2D eigenvalue weighted by molar-refractivity contribution is 6.30. The van der Waals surface area contributed by atoms with Crippen LogP contribution in [0.3, 0.4) is 0 Å². The van der Waals surface area contributed by atoms with Crippen LogP contribution in [0.1, 0.15) is 24.9 Å². The van der Waals surface area contributed by atoms with Crippen LogP contribution in [0, 0.1) is 0 Å². The van der Waals surface area contributed by atoms with Crippen molar-refractivity contribution in [2.24, 2.45) is 0 Å². The Morgan fingerprint density at radius 1 is 1.43 bits per heavy atom. The van der Waals surface area contributed by atoms with Crippen molar-refractivity contribution >= 4 is 23.5 Å². The summed E-state index contributed by atoms with van der Waals surface area (Å²) in [6, 6.07) is 7.28. The second-order valence-electron chi connectivity index (χ2n) is 5.55. The lowest BCUT2D eigenvalue weighted by molar-refractivity contribution is -0.122. The number of rotatable bonds is 5. The van der Waals surface area contributed by atoms with Crippen molar-refractivity contribution in [3.05, 3.63) is 34.9 Å². The zero-order valence-corrected chi connectivity index (χ0v) is 14.0. The van der Waals surface area contributed by atoms with E-state index in [1.807, 2.05) is 31.2 Å². The average molecular weight is 339 g/mol. The van der Waals surface area contributed by atoms with Gasteiger partial charge in [-0.15, -0.1) is 0 Å². The van der Waals surface area contributed by atoms with Crippen LogP contribution in [-0.2, 0) is 4.79 Å². The third-order valence-corrected chi connectivity index (χ3v) is 3.96. The fourth-order valence-corrected chi connectivity index (χ4v) is 2.81. The van der Waals surface area contributed by atoms with Crippen LogP contribution in [0.25, 0.3) is 0 Å². The van der Waals surface area contributed by atoms with Gasteiger partial charge in [0.15, 0.2) is 0 Å². The maximum absolute atomic E-state index is 12.1. The molecule has 6 nitrogen and oxygen atoms in total. The van der Waals surface area contributed by atoms with E-state index < -0.39 is 6.03 Å². The highest BCUT2D eigenvalue weighted by Gasteiger charge is 2.26. The molecule has 2 rings (SSSR count). The molecule has 1 fully saturated rings. The molecule has 0 aliphatic carbocycles. The molecule has 1 heterocycles. The molecule has 23 heavy (non-hydrogen) atoms. The Morgan fingerprint density at radius 3 is 3.00 bits per heavy atom. The quantitative estimate of drug-likeness (QED) is 0.761. The predicted molar refractivity (Wildman–Crippen MR) is 90.5 cm³/mol. The average Bonchev–Trinajstić information content (AvgIpc) is 2.53. The standard InChI is InChI=1S/C16H23ClN4O2/c1-2-6-19-16(23)20-15(22)11-21-8-7-18-10-14(21)12-4-3-5-13(17)9-12/h3-5,9,14,18H,2,6-8,10-11H2,1H3,(H2,19,20,22,23). The number of hydrogen-bond acceptors (Lipinski definition) is 4. The largest absolute Gasteiger partial charge is 0.338 e. The van der Waals surface area contributed by atoms with Crippen LogP contribution in [0.4, 0.5) is 4.79 Å². The summed E-state index contributed by atoms with van der Waals surface area (Å²) in [6.07, 6.45) is 0.830. The van der Waals surface area contributed by atoms with Crippen molar-refractivity contribution in [1.82, 2.24) is 20.9 Å². The van der Waals surface area contributed by atoms with Gasteiger partial charge in [0, 0.05) is 37.2 Å². The fourth-order valence-electron chi connectivity index (χ4n) is 2.61. The van der Waals surface area contributed by atoms with Crippen molar-refractivity contribution in [2.45, 2.75) is 19.4 Å². The maximum Gasteiger partial charge on any atom is 0.321 e. The van der Waals surface area contributed by atoms with E-state index >= 15 is 0 Å². The Hall–Kier alpha value is -1.63. The third-order valence-electron chi connectivity index (χ3n) is 3.72. The number of amides is 3. The van der Waals surface area contributed by atoms with E-state index in [4.69, 9.17) is 11.6 Å². The summed E-state index contributed by atoms with van der Waals surface area (Å²) in [5.74, 6) is -0.299. The summed E-state index contributed by atoms with van der Waals surface area (Å²) in [4.78, 5) is 25.7. The Morgan fingerprint density at radius 2 is 2.26 bits per heavy atom. The van der Waals surface area contributed by atoms with Gasteiger partial charge in [-0.05, 0) is 24.1 Å². The van der Waals surface area contributed by atoms with Crippen molar-refractivity contribution in [3.63, 3.8) is 0 Å². The number of benzene rings is 1. The topological polar surface area (TPSA) is 73.5 Å². The molecule has 7 heteroatoms. The summed E-state index contributed by atoms with van der Waals surface area (Å²) in [7, 11) is 0.